The number of rotatable bonds is 5. The zero-order valence-corrected chi connectivity index (χ0v) is 23.0. The Bertz CT molecular complexity index is 1860. The molecular weight excluding hydrogens is 458 g/mol. The van der Waals surface area contributed by atoms with Crippen molar-refractivity contribution in [1.82, 2.24) is 0 Å². The maximum Gasteiger partial charge on any atom is 0.0530 e. The molecule has 0 aliphatic heterocycles. The van der Waals surface area contributed by atoms with Crippen molar-refractivity contribution in [3.8, 4) is 22.3 Å². The molecule has 5 rings (SSSR count). The fourth-order valence-corrected chi connectivity index (χ4v) is 6.00. The van der Waals surface area contributed by atoms with Gasteiger partial charge in [-0.3, -0.25) is 0 Å². The average Bonchev–Trinajstić information content (AvgIpc) is 3.21. The van der Waals surface area contributed by atoms with Gasteiger partial charge in [0.2, 0.25) is 0 Å². The predicted octanol–water partition coefficient (Wildman–Crippen LogP) is 10.8. The molecule has 0 spiro atoms. The molecule has 4 aromatic carbocycles. The monoisotopic (exact) mass is 512 g/mol. The second kappa shape index (κ2) is 9.45. The molecule has 0 radical (unpaired) electrons. The van der Waals surface area contributed by atoms with E-state index in [-0.39, 0.29) is 16.8 Å². The molecule has 0 saturated heterocycles. The molecule has 1 aliphatic carbocycles. The Morgan fingerprint density at radius 3 is 2.00 bits per heavy atom. The fraction of sp³-hybridized carbons (Fsp3) is 0.351. The van der Waals surface area contributed by atoms with Crippen molar-refractivity contribution in [1.29, 1.82) is 0 Å². The standard InChI is InChI=1S/C37H43N/c1-24(2)27-19-15-20-29(26-16-11-10-12-17-26)34(27)38(36(5,6)7)35-28(25(3)4)22-23-31-30-18-13-14-21-32(30)37(8,9)33(31)35/h10-25H,1-9H3/i1D3,2D3,3D3,24D,25D. The summed E-state index contributed by atoms with van der Waals surface area (Å²) in [7, 11) is 0. The lowest BCUT2D eigenvalue weighted by Crippen LogP contribution is -2.41. The first-order chi connectivity index (χ1) is 22.3. The second-order valence-corrected chi connectivity index (χ2v) is 11.6. The van der Waals surface area contributed by atoms with Crippen LogP contribution in [0.15, 0.2) is 84.9 Å². The molecule has 1 unspecified atom stereocenters. The molecule has 0 amide bonds. The number of para-hydroxylation sites is 1. The molecule has 1 aliphatic rings. The summed E-state index contributed by atoms with van der Waals surface area (Å²) < 4.78 is 95.6. The number of anilines is 2. The van der Waals surface area contributed by atoms with E-state index < -0.39 is 43.3 Å². The SMILES string of the molecule is [2H]C([2H])([2H])C([2H])(C)c1ccc2c(c1N(c1c(-c3ccccc3)cccc1C([2H])(C([2H])([2H])[2H])C([2H])([2H])[2H])C(C)(C)C)C(C)(C)c1ccccc1-2. The lowest BCUT2D eigenvalue weighted by molar-refractivity contribution is 0.548. The van der Waals surface area contributed by atoms with Crippen molar-refractivity contribution in [3.05, 3.63) is 107 Å². The Balaban J connectivity index is 2.09. The third-order valence-corrected chi connectivity index (χ3v) is 7.61. The summed E-state index contributed by atoms with van der Waals surface area (Å²) in [4.78, 5) is 1.81. The van der Waals surface area contributed by atoms with Crippen LogP contribution in [-0.2, 0) is 5.41 Å². The first-order valence-electron chi connectivity index (χ1n) is 18.6. The average molecular weight is 513 g/mol. The van der Waals surface area contributed by atoms with Crippen LogP contribution in [0.1, 0.15) is 111 Å². The molecule has 4 aromatic rings. The van der Waals surface area contributed by atoms with Gasteiger partial charge in [-0.05, 0) is 71.5 Å². The number of benzene rings is 4. The summed E-state index contributed by atoms with van der Waals surface area (Å²) in [6.45, 7) is 1.67. The minimum absolute atomic E-state index is 0.159. The van der Waals surface area contributed by atoms with Gasteiger partial charge in [0.05, 0.1) is 5.69 Å². The summed E-state index contributed by atoms with van der Waals surface area (Å²) in [5.74, 6) is -5.24. The molecule has 1 atom stereocenters. The van der Waals surface area contributed by atoms with Gasteiger partial charge in [0.25, 0.3) is 0 Å². The molecule has 1 nitrogen and oxygen atoms in total. The summed E-state index contributed by atoms with van der Waals surface area (Å²) in [5, 5.41) is 0. The molecule has 0 fully saturated rings. The third kappa shape index (κ3) is 4.17. The number of hydrogen-bond acceptors (Lipinski definition) is 1. The van der Waals surface area contributed by atoms with Crippen LogP contribution in [0.5, 0.6) is 0 Å². The smallest absolute Gasteiger partial charge is 0.0530 e. The highest BCUT2D eigenvalue weighted by molar-refractivity contribution is 5.93. The van der Waals surface area contributed by atoms with Crippen LogP contribution in [0.2, 0.25) is 0 Å². The van der Waals surface area contributed by atoms with E-state index in [0.29, 0.717) is 16.8 Å². The Morgan fingerprint density at radius 2 is 1.32 bits per heavy atom. The normalized spacial score (nSPS) is 21.2. The lowest BCUT2D eigenvalue weighted by atomic mass is 9.78. The van der Waals surface area contributed by atoms with E-state index in [2.05, 4.69) is 0 Å². The Hall–Kier alpha value is -3.32. The lowest BCUT2D eigenvalue weighted by Gasteiger charge is -2.44. The number of hydrogen-bond donors (Lipinski definition) is 0. The molecule has 196 valence electrons. The zero-order chi connectivity index (χ0) is 36.8. The van der Waals surface area contributed by atoms with E-state index in [9.17, 15) is 2.74 Å². The van der Waals surface area contributed by atoms with Crippen LogP contribution in [-0.4, -0.2) is 5.54 Å². The highest BCUT2D eigenvalue weighted by Crippen LogP contribution is 2.57. The molecule has 38 heavy (non-hydrogen) atoms. The zero-order valence-electron chi connectivity index (χ0n) is 34.0. The van der Waals surface area contributed by atoms with Crippen molar-refractivity contribution in [2.24, 2.45) is 0 Å². The van der Waals surface area contributed by atoms with Crippen LogP contribution in [0.4, 0.5) is 11.4 Å². The van der Waals surface area contributed by atoms with Gasteiger partial charge in [-0.15, -0.1) is 0 Å². The van der Waals surface area contributed by atoms with Gasteiger partial charge < -0.3 is 4.90 Å². The van der Waals surface area contributed by atoms with E-state index in [1.165, 1.54) is 13.0 Å². The maximum atomic E-state index is 9.46. The Kier molecular flexibility index (Phi) is 3.97. The van der Waals surface area contributed by atoms with E-state index in [1.54, 1.807) is 18.2 Å². The summed E-state index contributed by atoms with van der Waals surface area (Å²) in [6, 6.07) is 25.2. The molecule has 0 N–H and O–H groups in total. The maximum absolute atomic E-state index is 9.46. The summed E-state index contributed by atoms with van der Waals surface area (Å²) in [6.07, 6.45) is 0. The Labute approximate surface area is 246 Å². The van der Waals surface area contributed by atoms with Crippen molar-refractivity contribution < 1.29 is 15.1 Å². The highest BCUT2D eigenvalue weighted by Gasteiger charge is 2.42. The van der Waals surface area contributed by atoms with Gasteiger partial charge in [0, 0.05) is 37.3 Å². The quantitative estimate of drug-likeness (QED) is 0.257. The second-order valence-electron chi connectivity index (χ2n) is 11.6. The fourth-order valence-electron chi connectivity index (χ4n) is 6.00. The van der Waals surface area contributed by atoms with Crippen LogP contribution in [0, 0.1) is 0 Å². The van der Waals surface area contributed by atoms with Crippen molar-refractivity contribution in [2.75, 3.05) is 4.90 Å². The molecule has 0 aromatic heterocycles. The summed E-state index contributed by atoms with van der Waals surface area (Å²) >= 11 is 0. The van der Waals surface area contributed by atoms with Gasteiger partial charge >= 0.3 is 0 Å². The predicted molar refractivity (Wildman–Crippen MR) is 166 cm³/mol. The van der Waals surface area contributed by atoms with Gasteiger partial charge in [-0.1, -0.05) is 126 Å². The van der Waals surface area contributed by atoms with E-state index in [4.69, 9.17) is 12.3 Å². The molecule has 0 saturated carbocycles. The molecule has 0 bridgehead atoms. The van der Waals surface area contributed by atoms with Crippen molar-refractivity contribution in [3.63, 3.8) is 0 Å². The molecule has 1 heteroatoms. The van der Waals surface area contributed by atoms with Crippen molar-refractivity contribution in [2.45, 2.75) is 84.8 Å². The first-order valence-corrected chi connectivity index (χ1v) is 13.1. The third-order valence-electron chi connectivity index (χ3n) is 7.61. The van der Waals surface area contributed by atoms with Crippen molar-refractivity contribution >= 4 is 11.4 Å². The molecular formula is C37H43N. The first kappa shape index (κ1) is 15.9. The van der Waals surface area contributed by atoms with Gasteiger partial charge in [-0.2, -0.15) is 0 Å². The molecule has 0 heterocycles. The minimum Gasteiger partial charge on any atom is -0.335 e. The van der Waals surface area contributed by atoms with Gasteiger partial charge in [-0.25, -0.2) is 0 Å². The summed E-state index contributed by atoms with van der Waals surface area (Å²) in [5.41, 5.74) is 3.38. The van der Waals surface area contributed by atoms with Gasteiger partial charge in [0.15, 0.2) is 0 Å². The van der Waals surface area contributed by atoms with Gasteiger partial charge in [0.1, 0.15) is 0 Å². The van der Waals surface area contributed by atoms with Crippen LogP contribution >= 0.6 is 0 Å². The van der Waals surface area contributed by atoms with E-state index in [0.717, 1.165) is 22.3 Å². The number of nitrogens with zero attached hydrogens (tertiary/aromatic N) is 1. The number of fused-ring (bicyclic) bond motifs is 3. The highest BCUT2D eigenvalue weighted by atomic mass is 15.2. The largest absolute Gasteiger partial charge is 0.335 e. The van der Waals surface area contributed by atoms with Crippen LogP contribution in [0.3, 0.4) is 0 Å². The topological polar surface area (TPSA) is 3.24 Å². The van der Waals surface area contributed by atoms with Crippen LogP contribution < -0.4 is 4.90 Å². The van der Waals surface area contributed by atoms with Crippen LogP contribution in [0.25, 0.3) is 22.3 Å². The van der Waals surface area contributed by atoms with E-state index >= 15 is 0 Å². The van der Waals surface area contributed by atoms with E-state index in [1.807, 2.05) is 100 Å². The minimum atomic E-state index is -3.30. The Morgan fingerprint density at radius 1 is 0.684 bits per heavy atom.